The van der Waals surface area contributed by atoms with E-state index in [0.29, 0.717) is 33.8 Å². The summed E-state index contributed by atoms with van der Waals surface area (Å²) in [5.41, 5.74) is 1.13. The van der Waals surface area contributed by atoms with Gasteiger partial charge in [0.25, 0.3) is 0 Å². The van der Waals surface area contributed by atoms with Crippen LogP contribution in [0.3, 0.4) is 0 Å². The monoisotopic (exact) mass is 408 g/mol. The summed E-state index contributed by atoms with van der Waals surface area (Å²) in [6, 6.07) is 13.1. The van der Waals surface area contributed by atoms with E-state index in [0.717, 1.165) is 0 Å². The molecule has 1 N–H and O–H groups in total. The molecule has 2 amide bonds. The van der Waals surface area contributed by atoms with E-state index in [1.807, 2.05) is 0 Å². The van der Waals surface area contributed by atoms with Crippen LogP contribution in [0, 0.1) is 5.92 Å². The second-order valence-corrected chi connectivity index (χ2v) is 6.94. The summed E-state index contributed by atoms with van der Waals surface area (Å²) >= 11 is 0. The number of carbonyl (C=O) groups is 2. The number of methoxy groups -OCH3 is 2. The van der Waals surface area contributed by atoms with Gasteiger partial charge in [-0.2, -0.15) is 0 Å². The molecule has 1 fully saturated rings. The number of hydrogen-bond acceptors (Lipinski definition) is 6. The van der Waals surface area contributed by atoms with E-state index in [1.165, 1.54) is 13.2 Å². The van der Waals surface area contributed by atoms with E-state index in [9.17, 15) is 14.4 Å². The van der Waals surface area contributed by atoms with Crippen molar-refractivity contribution in [2.45, 2.75) is 6.42 Å². The predicted molar refractivity (Wildman–Crippen MR) is 111 cm³/mol. The summed E-state index contributed by atoms with van der Waals surface area (Å²) in [7, 11) is 3.07. The van der Waals surface area contributed by atoms with Gasteiger partial charge in [0.1, 0.15) is 17.1 Å². The van der Waals surface area contributed by atoms with E-state index in [2.05, 4.69) is 5.32 Å². The average Bonchev–Trinajstić information content (AvgIpc) is 3.15. The fourth-order valence-corrected chi connectivity index (χ4v) is 3.52. The molecule has 2 heterocycles. The van der Waals surface area contributed by atoms with Crippen molar-refractivity contribution in [1.29, 1.82) is 0 Å². The molecule has 8 heteroatoms. The molecule has 4 rings (SSSR count). The van der Waals surface area contributed by atoms with Crippen LogP contribution in [0.2, 0.25) is 0 Å². The van der Waals surface area contributed by atoms with Gasteiger partial charge in [-0.05, 0) is 36.4 Å². The first kappa shape index (κ1) is 19.5. The second kappa shape index (κ2) is 7.90. The Kier molecular flexibility index (Phi) is 5.14. The molecular formula is C22H20N2O6. The molecule has 0 radical (unpaired) electrons. The van der Waals surface area contributed by atoms with Gasteiger partial charge in [-0.1, -0.05) is 0 Å². The molecule has 2 aromatic carbocycles. The fourth-order valence-electron chi connectivity index (χ4n) is 3.52. The summed E-state index contributed by atoms with van der Waals surface area (Å²) in [5, 5.41) is 3.53. The Morgan fingerprint density at radius 1 is 1.07 bits per heavy atom. The van der Waals surface area contributed by atoms with Crippen LogP contribution >= 0.6 is 0 Å². The molecular weight excluding hydrogens is 388 g/mol. The maximum atomic E-state index is 12.8. The molecule has 1 unspecified atom stereocenters. The first-order valence-corrected chi connectivity index (χ1v) is 9.35. The lowest BCUT2D eigenvalue weighted by Crippen LogP contribution is -2.28. The summed E-state index contributed by atoms with van der Waals surface area (Å²) in [6.45, 7) is 0.233. The highest BCUT2D eigenvalue weighted by molar-refractivity contribution is 6.04. The molecule has 8 nitrogen and oxygen atoms in total. The van der Waals surface area contributed by atoms with Gasteiger partial charge in [0.05, 0.1) is 25.8 Å². The smallest absolute Gasteiger partial charge is 0.336 e. The van der Waals surface area contributed by atoms with Gasteiger partial charge in [-0.3, -0.25) is 9.59 Å². The summed E-state index contributed by atoms with van der Waals surface area (Å²) in [5.74, 6) is 0.180. The zero-order chi connectivity index (χ0) is 21.3. The summed E-state index contributed by atoms with van der Waals surface area (Å²) < 4.78 is 15.7. The Balaban J connectivity index is 1.52. The largest absolute Gasteiger partial charge is 0.497 e. The van der Waals surface area contributed by atoms with Crippen LogP contribution in [-0.4, -0.2) is 32.6 Å². The van der Waals surface area contributed by atoms with Gasteiger partial charge in [0, 0.05) is 36.2 Å². The van der Waals surface area contributed by atoms with E-state index in [-0.39, 0.29) is 24.8 Å². The number of benzene rings is 2. The zero-order valence-corrected chi connectivity index (χ0v) is 16.5. The Hall–Kier alpha value is -3.81. The molecule has 0 bridgehead atoms. The van der Waals surface area contributed by atoms with Crippen molar-refractivity contribution >= 4 is 34.2 Å². The Morgan fingerprint density at radius 2 is 1.90 bits per heavy atom. The summed E-state index contributed by atoms with van der Waals surface area (Å²) in [4.78, 5) is 38.2. The van der Waals surface area contributed by atoms with Crippen LogP contribution < -0.4 is 25.3 Å². The molecule has 1 saturated heterocycles. The minimum atomic E-state index is -0.516. The van der Waals surface area contributed by atoms with Crippen molar-refractivity contribution in [3.05, 3.63) is 59.0 Å². The minimum absolute atomic E-state index is 0.0919. The zero-order valence-electron chi connectivity index (χ0n) is 16.5. The average molecular weight is 408 g/mol. The highest BCUT2D eigenvalue weighted by Crippen LogP contribution is 2.36. The molecule has 3 aromatic rings. The first-order valence-electron chi connectivity index (χ1n) is 9.35. The van der Waals surface area contributed by atoms with Crippen LogP contribution in [0.15, 0.2) is 57.7 Å². The Bertz CT molecular complexity index is 1190. The molecule has 0 saturated carbocycles. The number of fused-ring (bicyclic) bond motifs is 1. The lowest BCUT2D eigenvalue weighted by atomic mass is 10.1. The van der Waals surface area contributed by atoms with Crippen molar-refractivity contribution < 1.29 is 23.5 Å². The number of ether oxygens (including phenoxy) is 2. The van der Waals surface area contributed by atoms with Crippen molar-refractivity contribution in [3.63, 3.8) is 0 Å². The van der Waals surface area contributed by atoms with Crippen molar-refractivity contribution in [1.82, 2.24) is 0 Å². The number of nitrogens with one attached hydrogen (secondary N) is 1. The van der Waals surface area contributed by atoms with Gasteiger partial charge in [-0.15, -0.1) is 0 Å². The van der Waals surface area contributed by atoms with Crippen LogP contribution in [0.5, 0.6) is 11.5 Å². The lowest BCUT2D eigenvalue weighted by molar-refractivity contribution is -0.122. The number of anilines is 2. The van der Waals surface area contributed by atoms with E-state index in [1.54, 1.807) is 54.5 Å². The third-order valence-corrected chi connectivity index (χ3v) is 5.06. The Morgan fingerprint density at radius 3 is 2.67 bits per heavy atom. The number of nitrogens with zero attached hydrogens (tertiary/aromatic N) is 1. The highest BCUT2D eigenvalue weighted by Gasteiger charge is 2.36. The maximum absolute atomic E-state index is 12.8. The molecule has 0 aliphatic carbocycles. The molecule has 1 aliphatic rings. The van der Waals surface area contributed by atoms with Gasteiger partial charge in [-0.25, -0.2) is 4.79 Å². The van der Waals surface area contributed by atoms with Gasteiger partial charge >= 0.3 is 5.63 Å². The maximum Gasteiger partial charge on any atom is 0.336 e. The standard InChI is InChI=1S/C22H20N2O6/c1-28-16-5-7-19(29-2)17(11-16)24-12-14(10-20(24)25)22(27)23-15-4-6-18-13(9-15)3-8-21(26)30-18/h3-9,11,14H,10,12H2,1-2H3,(H,23,27). The topological polar surface area (TPSA) is 98.1 Å². The van der Waals surface area contributed by atoms with Gasteiger partial charge in [0.15, 0.2) is 0 Å². The Labute approximate surface area is 172 Å². The van der Waals surface area contributed by atoms with Crippen molar-refractivity contribution in [2.75, 3.05) is 31.0 Å². The fraction of sp³-hybridized carbons (Fsp3) is 0.227. The van der Waals surface area contributed by atoms with Gasteiger partial charge in [0.2, 0.25) is 11.8 Å². The first-order chi connectivity index (χ1) is 14.5. The molecule has 30 heavy (non-hydrogen) atoms. The van der Waals surface area contributed by atoms with E-state index in [4.69, 9.17) is 13.9 Å². The third kappa shape index (κ3) is 3.71. The van der Waals surface area contributed by atoms with Crippen LogP contribution in [0.1, 0.15) is 6.42 Å². The number of carbonyl (C=O) groups excluding carboxylic acids is 2. The lowest BCUT2D eigenvalue weighted by Gasteiger charge is -2.20. The highest BCUT2D eigenvalue weighted by atomic mass is 16.5. The molecule has 1 aliphatic heterocycles. The summed E-state index contributed by atoms with van der Waals surface area (Å²) in [6.07, 6.45) is 0.0919. The minimum Gasteiger partial charge on any atom is -0.497 e. The van der Waals surface area contributed by atoms with E-state index < -0.39 is 11.5 Å². The van der Waals surface area contributed by atoms with Gasteiger partial charge < -0.3 is 24.1 Å². The van der Waals surface area contributed by atoms with Crippen molar-refractivity contribution in [3.8, 4) is 11.5 Å². The van der Waals surface area contributed by atoms with Crippen LogP contribution in [-0.2, 0) is 9.59 Å². The second-order valence-electron chi connectivity index (χ2n) is 6.94. The number of hydrogen-bond donors (Lipinski definition) is 1. The normalized spacial score (nSPS) is 16.0. The van der Waals surface area contributed by atoms with Crippen LogP contribution in [0.25, 0.3) is 11.0 Å². The SMILES string of the molecule is COc1ccc(OC)c(N2CC(C(=O)Nc3ccc4oc(=O)ccc4c3)CC2=O)c1. The van der Waals surface area contributed by atoms with Crippen LogP contribution in [0.4, 0.5) is 11.4 Å². The van der Waals surface area contributed by atoms with E-state index >= 15 is 0 Å². The quantitative estimate of drug-likeness (QED) is 0.652. The number of rotatable bonds is 5. The third-order valence-electron chi connectivity index (χ3n) is 5.06. The molecule has 1 atom stereocenters. The molecule has 0 spiro atoms. The predicted octanol–water partition coefficient (Wildman–Crippen LogP) is 2.80. The van der Waals surface area contributed by atoms with Crippen molar-refractivity contribution in [2.24, 2.45) is 5.92 Å². The molecule has 154 valence electrons. The number of amides is 2. The molecule has 1 aromatic heterocycles.